The van der Waals surface area contributed by atoms with E-state index in [1.54, 1.807) is 52.0 Å². The largest absolute Gasteiger partial charge is 0.464 e. The molecule has 9 rings (SSSR count). The van der Waals surface area contributed by atoms with Crippen LogP contribution in [0.3, 0.4) is 0 Å². The summed E-state index contributed by atoms with van der Waals surface area (Å²) in [6, 6.07) is 6.47. The normalized spacial score (nSPS) is 28.7. The van der Waals surface area contributed by atoms with E-state index in [1.807, 2.05) is 18.2 Å². The molecule has 4 fully saturated rings. The zero-order chi connectivity index (χ0) is 41.2. The molecule has 4 amide bonds. The summed E-state index contributed by atoms with van der Waals surface area (Å²) in [4.78, 5) is 94.1. The van der Waals surface area contributed by atoms with Gasteiger partial charge in [0.1, 0.15) is 29.4 Å². The van der Waals surface area contributed by atoms with Gasteiger partial charge in [0.2, 0.25) is 17.3 Å². The fourth-order valence-corrected chi connectivity index (χ4v) is 10.2. The molecule has 1 unspecified atom stereocenters. The third-order valence-electron chi connectivity index (χ3n) is 12.8. The number of carbonyl (C=O) groups excluding carboxylic acids is 5. The van der Waals surface area contributed by atoms with Crippen LogP contribution in [0.5, 0.6) is 0 Å². The van der Waals surface area contributed by atoms with Gasteiger partial charge in [-0.1, -0.05) is 54.1 Å². The van der Waals surface area contributed by atoms with Crippen LogP contribution in [0, 0.1) is 16.0 Å². The molecule has 0 bridgehead atoms. The number of likely N-dealkylation sites (tertiary alicyclic amines) is 2. The molecule has 59 heavy (non-hydrogen) atoms. The van der Waals surface area contributed by atoms with Gasteiger partial charge < -0.3 is 24.3 Å². The number of fused-ring (bicyclic) bond motifs is 4. The third kappa shape index (κ3) is 6.28. The highest BCUT2D eigenvalue weighted by molar-refractivity contribution is 6.41. The van der Waals surface area contributed by atoms with Crippen molar-refractivity contribution in [2.75, 3.05) is 19.7 Å². The monoisotopic (exact) mass is 824 g/mol. The van der Waals surface area contributed by atoms with Gasteiger partial charge >= 0.3 is 11.7 Å². The maximum atomic E-state index is 15.1. The average Bonchev–Trinajstić information content (AvgIpc) is 4.07. The van der Waals surface area contributed by atoms with Gasteiger partial charge in [0.15, 0.2) is 5.52 Å². The van der Waals surface area contributed by atoms with Gasteiger partial charge in [-0.3, -0.25) is 29.3 Å². The zero-order valence-corrected chi connectivity index (χ0v) is 32.9. The summed E-state index contributed by atoms with van der Waals surface area (Å²) in [7, 11) is 0. The maximum Gasteiger partial charge on any atom is 0.328 e. The van der Waals surface area contributed by atoms with Gasteiger partial charge in [-0.2, -0.15) is 0 Å². The van der Waals surface area contributed by atoms with E-state index in [4.69, 9.17) is 26.0 Å². The fraction of sp³-hybridized carbons (Fsp3) is 0.463. The lowest BCUT2D eigenvalue weighted by molar-refractivity contribution is -0.383. The van der Waals surface area contributed by atoms with Crippen molar-refractivity contribution in [1.29, 1.82) is 0 Å². The number of nitrogens with zero attached hydrogens (tertiary/aromatic N) is 8. The second-order valence-electron chi connectivity index (χ2n) is 15.8. The lowest BCUT2D eigenvalue weighted by Crippen LogP contribution is -2.64. The van der Waals surface area contributed by atoms with Crippen molar-refractivity contribution in [2.24, 2.45) is 10.9 Å². The van der Waals surface area contributed by atoms with Gasteiger partial charge in [-0.25, -0.2) is 14.4 Å². The lowest BCUT2D eigenvalue weighted by atomic mass is 9.88. The van der Waals surface area contributed by atoms with Gasteiger partial charge in [0.05, 0.1) is 29.3 Å². The molecule has 18 heteroatoms. The molecule has 6 aliphatic rings. The molecule has 1 aromatic heterocycles. The predicted octanol–water partition coefficient (Wildman–Crippen LogP) is 4.10. The number of ether oxygens (including phenoxy) is 1. The van der Waals surface area contributed by atoms with Crippen LogP contribution in [0.4, 0.5) is 11.4 Å². The smallest absolute Gasteiger partial charge is 0.328 e. The van der Waals surface area contributed by atoms with E-state index in [0.717, 1.165) is 0 Å². The van der Waals surface area contributed by atoms with E-state index in [2.05, 4.69) is 10.3 Å². The number of non-ortho nitro benzene ring substituents is 1. The van der Waals surface area contributed by atoms with Crippen LogP contribution in [0.15, 0.2) is 70.3 Å². The first kappa shape index (κ1) is 38.5. The Hall–Kier alpha value is -5.97. The van der Waals surface area contributed by atoms with E-state index in [9.17, 15) is 29.3 Å². The number of hydrogen-bond acceptors (Lipinski definition) is 12. The van der Waals surface area contributed by atoms with Crippen molar-refractivity contribution >= 4 is 69.3 Å². The predicted molar refractivity (Wildman–Crippen MR) is 210 cm³/mol. The number of benzene rings is 2. The van der Waals surface area contributed by atoms with Crippen LogP contribution in [-0.4, -0.2) is 126 Å². The summed E-state index contributed by atoms with van der Waals surface area (Å²) in [6.45, 7) is 2.45. The Kier molecular flexibility index (Phi) is 9.80. The highest BCUT2D eigenvalue weighted by Gasteiger charge is 2.58. The molecule has 1 spiro atoms. The van der Waals surface area contributed by atoms with Crippen LogP contribution in [0.2, 0.25) is 5.02 Å². The van der Waals surface area contributed by atoms with E-state index in [1.165, 1.54) is 17.0 Å². The molecular weight excluding hydrogens is 784 g/mol. The molecule has 3 aromatic rings. The number of nitro groups is 1. The highest BCUT2D eigenvalue weighted by atomic mass is 35.5. The number of rotatable bonds is 8. The molecule has 0 radical (unpaired) electrons. The van der Waals surface area contributed by atoms with Crippen LogP contribution >= 0.6 is 11.6 Å². The second kappa shape index (κ2) is 15.0. The SMILES string of the molecule is CCOC(=O)[C@@H]1CC[C@@H]2C=C[C@H]3CCN(C(=O)[C@@H]4CC[C@H]5C=C[C@]6(CCCN6C(=O)C(Cc6ccccc6Cl)=Nc6ccc([N+](=O)[O-])c7nonc67)C(=O)N54)C3C(=O)N21. The number of carbonyl (C=O) groups is 5. The Morgan fingerprint density at radius 2 is 1.73 bits per heavy atom. The van der Waals surface area contributed by atoms with Crippen molar-refractivity contribution in [2.45, 2.75) is 94.0 Å². The minimum atomic E-state index is -1.43. The Bertz CT molecular complexity index is 2380. The van der Waals surface area contributed by atoms with E-state index >= 15 is 4.79 Å². The fourth-order valence-electron chi connectivity index (χ4n) is 10.0. The molecular formula is C41H41ClN8O9. The number of aliphatic imine (C=N–C) groups is 1. The van der Waals surface area contributed by atoms with Crippen molar-refractivity contribution in [1.82, 2.24) is 29.9 Å². The first-order valence-corrected chi connectivity index (χ1v) is 20.4. The average molecular weight is 825 g/mol. The Labute approximate surface area is 342 Å². The topological polar surface area (TPSA) is 202 Å². The molecule has 0 saturated carbocycles. The molecule has 4 saturated heterocycles. The standard InChI is InChI=1S/C41H41ClN8O9/c1-2-58-39(54)32-14-11-25-9-8-23-17-21-46(35(23)38(53)48(25)32)37(52)31-13-10-26-16-19-41(40(55)49(26)31)18-5-20-47(41)36(51)29(22-24-6-3-4-7-27(24)42)43-28-12-15-30(50(56)57)34-33(28)44-59-45-34/h3-4,6-9,12,15-16,19,23,25-26,31-32,35H,2,5,10-11,13-14,17-18,20-22H2,1H3/t23-,25-,26-,31-,32-,35?,41+/m0/s1. The first-order chi connectivity index (χ1) is 28.5. The van der Waals surface area contributed by atoms with Gasteiger partial charge in [-0.15, -0.1) is 0 Å². The summed E-state index contributed by atoms with van der Waals surface area (Å²) in [5, 5.41) is 19.6. The van der Waals surface area contributed by atoms with Crippen LogP contribution in [-0.2, 0) is 35.1 Å². The molecule has 17 nitrogen and oxygen atoms in total. The lowest BCUT2D eigenvalue weighted by Gasteiger charge is -2.44. The number of amides is 4. The zero-order valence-electron chi connectivity index (χ0n) is 32.1. The number of esters is 1. The molecule has 2 aromatic carbocycles. The summed E-state index contributed by atoms with van der Waals surface area (Å²) in [5.41, 5.74) is -1.23. The Morgan fingerprint density at radius 3 is 2.51 bits per heavy atom. The summed E-state index contributed by atoms with van der Waals surface area (Å²) in [6.07, 6.45) is 11.0. The van der Waals surface area contributed by atoms with Crippen LogP contribution in [0.1, 0.15) is 57.4 Å². The number of nitro benzene ring substituents is 1. The highest BCUT2D eigenvalue weighted by Crippen LogP contribution is 2.43. The van der Waals surface area contributed by atoms with Gasteiger partial charge in [-0.05, 0) is 79.9 Å². The molecule has 306 valence electrons. The van der Waals surface area contributed by atoms with Crippen LogP contribution < -0.4 is 0 Å². The number of halogens is 1. The third-order valence-corrected chi connectivity index (χ3v) is 13.1. The van der Waals surface area contributed by atoms with E-state index in [0.29, 0.717) is 62.1 Å². The summed E-state index contributed by atoms with van der Waals surface area (Å²) < 4.78 is 10.2. The molecule has 7 heterocycles. The van der Waals surface area contributed by atoms with Crippen molar-refractivity contribution in [3.8, 4) is 0 Å². The number of aromatic nitrogens is 2. The summed E-state index contributed by atoms with van der Waals surface area (Å²) in [5.74, 6) is -2.24. The van der Waals surface area contributed by atoms with Crippen molar-refractivity contribution in [3.63, 3.8) is 0 Å². The van der Waals surface area contributed by atoms with E-state index in [-0.39, 0.29) is 83.4 Å². The number of hydrogen-bond donors (Lipinski definition) is 0. The van der Waals surface area contributed by atoms with Gasteiger partial charge in [0, 0.05) is 36.5 Å². The molecule has 0 N–H and O–H groups in total. The maximum absolute atomic E-state index is 15.1. The van der Waals surface area contributed by atoms with E-state index < -0.39 is 40.5 Å². The van der Waals surface area contributed by atoms with Gasteiger partial charge in [0.25, 0.3) is 11.8 Å². The molecule has 0 aliphatic carbocycles. The quantitative estimate of drug-likeness (QED) is 0.104. The van der Waals surface area contributed by atoms with Crippen molar-refractivity contribution in [3.05, 3.63) is 81.4 Å². The Morgan fingerprint density at radius 1 is 0.966 bits per heavy atom. The first-order valence-electron chi connectivity index (χ1n) is 20.0. The Balaban J connectivity index is 1.02. The van der Waals surface area contributed by atoms with Crippen molar-refractivity contribution < 1.29 is 38.3 Å². The minimum absolute atomic E-state index is 0.000668. The van der Waals surface area contributed by atoms with Crippen LogP contribution in [0.25, 0.3) is 11.0 Å². The minimum Gasteiger partial charge on any atom is -0.464 e. The molecule has 6 aliphatic heterocycles. The second-order valence-corrected chi connectivity index (χ2v) is 16.2. The summed E-state index contributed by atoms with van der Waals surface area (Å²) >= 11 is 6.57. The molecule has 7 atom stereocenters.